The Morgan fingerprint density at radius 3 is 2.37 bits per heavy atom. The molecular formula is C29H46O6. The minimum atomic E-state index is -0.782. The van der Waals surface area contributed by atoms with Gasteiger partial charge in [0.05, 0.1) is 5.92 Å². The molecule has 35 heavy (non-hydrogen) atoms. The molecule has 198 valence electrons. The minimum absolute atomic E-state index is 0.0470. The Kier molecular flexibility index (Phi) is 9.40. The molecule has 0 radical (unpaired) electrons. The molecule has 0 aromatic carbocycles. The predicted octanol–water partition coefficient (Wildman–Crippen LogP) is 6.34. The summed E-state index contributed by atoms with van der Waals surface area (Å²) in [5.74, 6) is -1.59. The maximum atomic E-state index is 13.0. The number of esters is 2. The van der Waals surface area contributed by atoms with E-state index in [9.17, 15) is 19.5 Å². The number of aliphatic carboxylic acids is 1. The molecule has 2 aliphatic carbocycles. The Labute approximate surface area is 211 Å². The summed E-state index contributed by atoms with van der Waals surface area (Å²) in [6, 6.07) is 0. The Hall–Kier alpha value is -2.11. The summed E-state index contributed by atoms with van der Waals surface area (Å²) in [5.41, 5.74) is 0.962. The van der Waals surface area contributed by atoms with E-state index in [1.165, 1.54) is 0 Å². The minimum Gasteiger partial charge on any atom is -0.481 e. The van der Waals surface area contributed by atoms with Gasteiger partial charge in [-0.15, -0.1) is 0 Å². The normalized spacial score (nSPS) is 34.0. The molecular weight excluding hydrogens is 444 g/mol. The second kappa shape index (κ2) is 11.3. The van der Waals surface area contributed by atoms with Crippen molar-refractivity contribution in [3.63, 3.8) is 0 Å². The topological polar surface area (TPSA) is 89.9 Å². The van der Waals surface area contributed by atoms with Crippen molar-refractivity contribution in [2.75, 3.05) is 0 Å². The quantitative estimate of drug-likeness (QED) is 0.230. The first-order valence-corrected chi connectivity index (χ1v) is 13.1. The fourth-order valence-electron chi connectivity index (χ4n) is 6.30. The first-order valence-electron chi connectivity index (χ1n) is 13.1. The molecule has 0 amide bonds. The molecule has 0 bridgehead atoms. The average molecular weight is 491 g/mol. The van der Waals surface area contributed by atoms with Gasteiger partial charge in [-0.1, -0.05) is 59.3 Å². The molecule has 0 spiro atoms. The van der Waals surface area contributed by atoms with Gasteiger partial charge in [-0.3, -0.25) is 9.59 Å². The number of ether oxygens (including phenoxy) is 2. The predicted molar refractivity (Wildman–Crippen MR) is 137 cm³/mol. The summed E-state index contributed by atoms with van der Waals surface area (Å²) in [4.78, 5) is 37.2. The van der Waals surface area contributed by atoms with Crippen LogP contribution in [0.15, 0.2) is 23.3 Å². The van der Waals surface area contributed by atoms with Gasteiger partial charge in [0, 0.05) is 23.3 Å². The van der Waals surface area contributed by atoms with Crippen LogP contribution in [0.3, 0.4) is 0 Å². The average Bonchev–Trinajstić information content (AvgIpc) is 2.78. The Morgan fingerprint density at radius 1 is 1.20 bits per heavy atom. The molecule has 0 aliphatic heterocycles. The monoisotopic (exact) mass is 490 g/mol. The molecule has 6 heteroatoms. The van der Waals surface area contributed by atoms with Gasteiger partial charge < -0.3 is 14.6 Å². The largest absolute Gasteiger partial charge is 0.481 e. The number of allylic oxidation sites excluding steroid dienone is 2. The van der Waals surface area contributed by atoms with Crippen LogP contribution in [0.1, 0.15) is 94.4 Å². The van der Waals surface area contributed by atoms with Gasteiger partial charge in [0.25, 0.3) is 0 Å². The Morgan fingerprint density at radius 2 is 1.83 bits per heavy atom. The Bertz CT molecular complexity index is 870. The van der Waals surface area contributed by atoms with Crippen LogP contribution in [0, 0.1) is 34.5 Å². The van der Waals surface area contributed by atoms with E-state index in [2.05, 4.69) is 33.8 Å². The van der Waals surface area contributed by atoms with E-state index < -0.39 is 29.6 Å². The highest BCUT2D eigenvalue weighted by molar-refractivity contribution is 5.87. The van der Waals surface area contributed by atoms with Crippen molar-refractivity contribution >= 4 is 17.9 Å². The van der Waals surface area contributed by atoms with E-state index in [0.29, 0.717) is 5.57 Å². The zero-order chi connectivity index (χ0) is 26.7. The number of hydrogen-bond acceptors (Lipinski definition) is 5. The molecule has 7 atom stereocenters. The van der Waals surface area contributed by atoms with Gasteiger partial charge in [-0.2, -0.15) is 0 Å². The highest BCUT2D eigenvalue weighted by Gasteiger charge is 2.64. The van der Waals surface area contributed by atoms with Crippen LogP contribution in [0.4, 0.5) is 0 Å². The number of carbonyl (C=O) groups is 3. The molecule has 0 aromatic rings. The third-order valence-corrected chi connectivity index (χ3v) is 9.11. The number of carbonyl (C=O) groups excluding carboxylic acids is 2. The van der Waals surface area contributed by atoms with Crippen LogP contribution < -0.4 is 0 Å². The van der Waals surface area contributed by atoms with Crippen molar-refractivity contribution in [2.24, 2.45) is 34.5 Å². The second-order valence-electron chi connectivity index (χ2n) is 11.7. The molecule has 7 unspecified atom stereocenters. The summed E-state index contributed by atoms with van der Waals surface area (Å²) in [5, 5.41) is 9.26. The van der Waals surface area contributed by atoms with Gasteiger partial charge in [0.2, 0.25) is 0 Å². The molecule has 1 fully saturated rings. The summed E-state index contributed by atoms with van der Waals surface area (Å²) in [6.07, 6.45) is 6.39. The highest BCUT2D eigenvalue weighted by Crippen LogP contribution is 2.63. The van der Waals surface area contributed by atoms with Gasteiger partial charge >= 0.3 is 17.9 Å². The van der Waals surface area contributed by atoms with E-state index in [0.717, 1.165) is 31.3 Å². The summed E-state index contributed by atoms with van der Waals surface area (Å²) < 4.78 is 12.4. The third-order valence-electron chi connectivity index (χ3n) is 9.11. The molecule has 0 heterocycles. The van der Waals surface area contributed by atoms with E-state index in [-0.39, 0.29) is 41.5 Å². The van der Waals surface area contributed by atoms with Crippen LogP contribution in [0.5, 0.6) is 0 Å². The van der Waals surface area contributed by atoms with E-state index in [4.69, 9.17) is 9.47 Å². The van der Waals surface area contributed by atoms with E-state index in [1.807, 2.05) is 20.8 Å². The summed E-state index contributed by atoms with van der Waals surface area (Å²) >= 11 is 0. The number of fused-ring (bicyclic) bond motifs is 1. The smallest absolute Gasteiger partial charge is 0.333 e. The van der Waals surface area contributed by atoms with Gasteiger partial charge in [0.1, 0.15) is 12.2 Å². The van der Waals surface area contributed by atoms with Crippen LogP contribution in [-0.2, 0) is 23.9 Å². The summed E-state index contributed by atoms with van der Waals surface area (Å²) in [6.45, 7) is 17.8. The lowest BCUT2D eigenvalue weighted by atomic mass is 9.45. The SMILES string of the molecule is CC=C(C)C(=O)OC1C(C)C(C)(CCC(C)CC(=O)O)C2CCC=C(C)C2(C)C1OC(=O)C(C)C. The molecule has 6 nitrogen and oxygen atoms in total. The van der Waals surface area contributed by atoms with Crippen molar-refractivity contribution in [3.8, 4) is 0 Å². The zero-order valence-electron chi connectivity index (χ0n) is 23.1. The van der Waals surface area contributed by atoms with Crippen molar-refractivity contribution in [2.45, 2.75) is 107 Å². The van der Waals surface area contributed by atoms with Crippen molar-refractivity contribution in [3.05, 3.63) is 23.3 Å². The molecule has 0 saturated heterocycles. The third kappa shape index (κ3) is 5.83. The molecule has 1 N–H and O–H groups in total. The number of carboxylic acids is 1. The van der Waals surface area contributed by atoms with Gasteiger partial charge in [-0.05, 0) is 63.7 Å². The number of rotatable bonds is 9. The number of hydrogen-bond donors (Lipinski definition) is 1. The first kappa shape index (κ1) is 29.1. The fourth-order valence-corrected chi connectivity index (χ4v) is 6.30. The van der Waals surface area contributed by atoms with Crippen LogP contribution in [0.2, 0.25) is 0 Å². The van der Waals surface area contributed by atoms with Gasteiger partial charge in [0.15, 0.2) is 0 Å². The van der Waals surface area contributed by atoms with Crippen molar-refractivity contribution < 1.29 is 29.0 Å². The summed E-state index contributed by atoms with van der Waals surface area (Å²) in [7, 11) is 0. The number of carboxylic acid groups (broad SMARTS) is 1. The Balaban J connectivity index is 2.59. The fraction of sp³-hybridized carbons (Fsp3) is 0.759. The standard InChI is InChI=1S/C29H46O6/c1-10-19(5)27(33)34-24-21(7)28(8,15-14-18(4)16-23(30)31)22-13-11-12-20(6)29(22,9)25(24)35-26(32)17(2)3/h10,12,17-18,21-22,24-25H,11,13-16H2,1-9H3,(H,30,31). The van der Waals surface area contributed by atoms with Crippen LogP contribution in [0.25, 0.3) is 0 Å². The van der Waals surface area contributed by atoms with Crippen LogP contribution in [-0.4, -0.2) is 35.2 Å². The van der Waals surface area contributed by atoms with Gasteiger partial charge in [-0.25, -0.2) is 4.79 Å². The molecule has 2 rings (SSSR count). The van der Waals surface area contributed by atoms with E-state index in [1.54, 1.807) is 19.9 Å². The lowest BCUT2D eigenvalue weighted by Gasteiger charge is -2.62. The first-order chi connectivity index (χ1) is 16.2. The highest BCUT2D eigenvalue weighted by atomic mass is 16.6. The van der Waals surface area contributed by atoms with E-state index >= 15 is 0 Å². The van der Waals surface area contributed by atoms with Crippen molar-refractivity contribution in [1.29, 1.82) is 0 Å². The maximum absolute atomic E-state index is 13.0. The molecule has 2 aliphatic rings. The second-order valence-corrected chi connectivity index (χ2v) is 11.7. The van der Waals surface area contributed by atoms with Crippen LogP contribution >= 0.6 is 0 Å². The lowest BCUT2D eigenvalue weighted by Crippen LogP contribution is -2.65. The molecule has 1 saturated carbocycles. The zero-order valence-corrected chi connectivity index (χ0v) is 23.1. The van der Waals surface area contributed by atoms with Crippen molar-refractivity contribution in [1.82, 2.24) is 0 Å². The lowest BCUT2D eigenvalue weighted by molar-refractivity contribution is -0.224. The molecule has 0 aromatic heterocycles. The maximum Gasteiger partial charge on any atom is 0.333 e.